The molecule has 2 aromatic carbocycles. The number of ether oxygens (including phenoxy) is 1. The standard InChI is InChI=1S/C16H15NO2S/c1-19-14-8-4-2-6-12(14)16(18)17-10-11-20-15-9-5-3-7-13(15)17/h2-9H,10-11H2,1H3. The second-order valence-corrected chi connectivity index (χ2v) is 5.61. The first-order chi connectivity index (χ1) is 9.81. The lowest BCUT2D eigenvalue weighted by Crippen LogP contribution is -2.35. The van der Waals surface area contributed by atoms with E-state index in [1.54, 1.807) is 18.9 Å². The van der Waals surface area contributed by atoms with Crippen molar-refractivity contribution in [2.75, 3.05) is 24.3 Å². The van der Waals surface area contributed by atoms with E-state index in [1.807, 2.05) is 47.4 Å². The van der Waals surface area contributed by atoms with Crippen LogP contribution in [0.2, 0.25) is 0 Å². The van der Waals surface area contributed by atoms with Crippen LogP contribution in [0.15, 0.2) is 53.4 Å². The van der Waals surface area contributed by atoms with Crippen molar-refractivity contribution in [3.05, 3.63) is 54.1 Å². The van der Waals surface area contributed by atoms with Crippen molar-refractivity contribution in [3.8, 4) is 5.75 Å². The maximum absolute atomic E-state index is 12.8. The number of para-hydroxylation sites is 2. The molecular formula is C16H15NO2S. The van der Waals surface area contributed by atoms with E-state index in [1.165, 1.54) is 0 Å². The van der Waals surface area contributed by atoms with Crippen LogP contribution in [0.4, 0.5) is 5.69 Å². The molecule has 3 rings (SSSR count). The van der Waals surface area contributed by atoms with Gasteiger partial charge in [0.25, 0.3) is 5.91 Å². The molecule has 1 amide bonds. The molecule has 0 spiro atoms. The Kier molecular flexibility index (Phi) is 3.65. The second-order valence-electron chi connectivity index (χ2n) is 4.47. The smallest absolute Gasteiger partial charge is 0.262 e. The molecule has 0 unspecified atom stereocenters. The topological polar surface area (TPSA) is 29.5 Å². The number of benzene rings is 2. The van der Waals surface area contributed by atoms with Gasteiger partial charge in [0.05, 0.1) is 18.4 Å². The first kappa shape index (κ1) is 13.1. The predicted octanol–water partition coefficient (Wildman–Crippen LogP) is 3.45. The zero-order valence-electron chi connectivity index (χ0n) is 11.2. The van der Waals surface area contributed by atoms with E-state index < -0.39 is 0 Å². The lowest BCUT2D eigenvalue weighted by atomic mass is 10.1. The number of carbonyl (C=O) groups excluding carboxylic acids is 1. The number of hydrogen-bond acceptors (Lipinski definition) is 3. The molecule has 1 aliphatic rings. The van der Waals surface area contributed by atoms with Gasteiger partial charge in [-0.05, 0) is 24.3 Å². The summed E-state index contributed by atoms with van der Waals surface area (Å²) >= 11 is 1.79. The van der Waals surface area contributed by atoms with Crippen molar-refractivity contribution in [1.29, 1.82) is 0 Å². The van der Waals surface area contributed by atoms with Crippen molar-refractivity contribution in [3.63, 3.8) is 0 Å². The van der Waals surface area contributed by atoms with E-state index in [2.05, 4.69) is 6.07 Å². The minimum absolute atomic E-state index is 0.00444. The predicted molar refractivity (Wildman–Crippen MR) is 81.8 cm³/mol. The molecule has 0 fully saturated rings. The fraction of sp³-hybridized carbons (Fsp3) is 0.188. The zero-order chi connectivity index (χ0) is 13.9. The molecule has 102 valence electrons. The number of carbonyl (C=O) groups is 1. The highest BCUT2D eigenvalue weighted by molar-refractivity contribution is 7.99. The van der Waals surface area contributed by atoms with Gasteiger partial charge in [0, 0.05) is 17.2 Å². The zero-order valence-corrected chi connectivity index (χ0v) is 12.0. The lowest BCUT2D eigenvalue weighted by molar-refractivity contribution is 0.0985. The third-order valence-electron chi connectivity index (χ3n) is 3.31. The van der Waals surface area contributed by atoms with Gasteiger partial charge in [-0.1, -0.05) is 24.3 Å². The van der Waals surface area contributed by atoms with Gasteiger partial charge in [-0.15, -0.1) is 11.8 Å². The first-order valence-electron chi connectivity index (χ1n) is 6.48. The molecule has 0 atom stereocenters. The van der Waals surface area contributed by atoms with E-state index in [4.69, 9.17) is 4.74 Å². The molecule has 4 heteroatoms. The van der Waals surface area contributed by atoms with E-state index >= 15 is 0 Å². The van der Waals surface area contributed by atoms with Gasteiger partial charge in [0.1, 0.15) is 5.75 Å². The molecular weight excluding hydrogens is 270 g/mol. The minimum Gasteiger partial charge on any atom is -0.496 e. The molecule has 1 aliphatic heterocycles. The number of amides is 1. The van der Waals surface area contributed by atoms with Crippen LogP contribution in [0.3, 0.4) is 0 Å². The van der Waals surface area contributed by atoms with Gasteiger partial charge in [0.2, 0.25) is 0 Å². The number of anilines is 1. The minimum atomic E-state index is -0.00444. The van der Waals surface area contributed by atoms with Gasteiger partial charge >= 0.3 is 0 Å². The van der Waals surface area contributed by atoms with E-state index in [0.717, 1.165) is 22.9 Å². The van der Waals surface area contributed by atoms with Crippen LogP contribution in [0.1, 0.15) is 10.4 Å². The van der Waals surface area contributed by atoms with Crippen LogP contribution in [-0.4, -0.2) is 25.3 Å². The molecule has 3 nitrogen and oxygen atoms in total. The second kappa shape index (κ2) is 5.59. The summed E-state index contributed by atoms with van der Waals surface area (Å²) < 4.78 is 5.29. The Labute approximate surface area is 122 Å². The van der Waals surface area contributed by atoms with Crippen molar-refractivity contribution in [2.45, 2.75) is 4.90 Å². The van der Waals surface area contributed by atoms with Crippen molar-refractivity contribution in [2.24, 2.45) is 0 Å². The summed E-state index contributed by atoms with van der Waals surface area (Å²) in [6, 6.07) is 15.4. The number of thioether (sulfide) groups is 1. The van der Waals surface area contributed by atoms with Crippen LogP contribution in [-0.2, 0) is 0 Å². The fourth-order valence-electron chi connectivity index (χ4n) is 2.35. The maximum atomic E-state index is 12.8. The van der Waals surface area contributed by atoms with E-state index in [-0.39, 0.29) is 5.91 Å². The first-order valence-corrected chi connectivity index (χ1v) is 7.46. The summed E-state index contributed by atoms with van der Waals surface area (Å²) in [5.74, 6) is 1.53. The molecule has 20 heavy (non-hydrogen) atoms. The Morgan fingerprint density at radius 3 is 2.75 bits per heavy atom. The third kappa shape index (κ3) is 2.27. The van der Waals surface area contributed by atoms with Crippen LogP contribution in [0.5, 0.6) is 5.75 Å². The highest BCUT2D eigenvalue weighted by Gasteiger charge is 2.25. The average Bonchev–Trinajstić information content (AvgIpc) is 2.53. The largest absolute Gasteiger partial charge is 0.496 e. The highest BCUT2D eigenvalue weighted by atomic mass is 32.2. The number of hydrogen-bond donors (Lipinski definition) is 0. The monoisotopic (exact) mass is 285 g/mol. The normalized spacial score (nSPS) is 13.8. The number of methoxy groups -OCH3 is 1. The number of nitrogens with zero attached hydrogens (tertiary/aromatic N) is 1. The van der Waals surface area contributed by atoms with E-state index in [9.17, 15) is 4.79 Å². The molecule has 0 saturated heterocycles. The summed E-state index contributed by atoms with van der Waals surface area (Å²) in [5, 5.41) is 0. The van der Waals surface area contributed by atoms with Gasteiger partial charge in [0.15, 0.2) is 0 Å². The van der Waals surface area contributed by atoms with Gasteiger partial charge in [-0.25, -0.2) is 0 Å². The summed E-state index contributed by atoms with van der Waals surface area (Å²) in [6.07, 6.45) is 0. The number of rotatable bonds is 2. The van der Waals surface area contributed by atoms with Crippen LogP contribution >= 0.6 is 11.8 Å². The molecule has 0 N–H and O–H groups in total. The summed E-state index contributed by atoms with van der Waals surface area (Å²) in [4.78, 5) is 15.8. The van der Waals surface area contributed by atoms with Gasteiger partial charge in [-0.3, -0.25) is 4.79 Å². The lowest BCUT2D eigenvalue weighted by Gasteiger charge is -2.29. The van der Waals surface area contributed by atoms with Crippen molar-refractivity contribution >= 4 is 23.4 Å². The molecule has 0 saturated carbocycles. The summed E-state index contributed by atoms with van der Waals surface area (Å²) in [6.45, 7) is 0.721. The molecule has 0 bridgehead atoms. The summed E-state index contributed by atoms with van der Waals surface area (Å²) in [7, 11) is 1.59. The molecule has 1 heterocycles. The van der Waals surface area contributed by atoms with Gasteiger partial charge in [-0.2, -0.15) is 0 Å². The summed E-state index contributed by atoms with van der Waals surface area (Å²) in [5.41, 5.74) is 1.59. The van der Waals surface area contributed by atoms with Crippen LogP contribution in [0, 0.1) is 0 Å². The van der Waals surface area contributed by atoms with Crippen LogP contribution in [0.25, 0.3) is 0 Å². The molecule has 2 aromatic rings. The Balaban J connectivity index is 2.00. The molecule has 0 aliphatic carbocycles. The fourth-order valence-corrected chi connectivity index (χ4v) is 3.34. The number of fused-ring (bicyclic) bond motifs is 1. The van der Waals surface area contributed by atoms with Crippen molar-refractivity contribution in [1.82, 2.24) is 0 Å². The van der Waals surface area contributed by atoms with E-state index in [0.29, 0.717) is 11.3 Å². The molecule has 0 aromatic heterocycles. The third-order valence-corrected chi connectivity index (χ3v) is 4.35. The average molecular weight is 285 g/mol. The highest BCUT2D eigenvalue weighted by Crippen LogP contribution is 2.35. The Morgan fingerprint density at radius 2 is 1.90 bits per heavy atom. The Morgan fingerprint density at radius 1 is 1.15 bits per heavy atom. The SMILES string of the molecule is COc1ccccc1C(=O)N1CCSc2ccccc21. The Hall–Kier alpha value is -1.94. The Bertz CT molecular complexity index is 642. The van der Waals surface area contributed by atoms with Crippen LogP contribution < -0.4 is 9.64 Å². The maximum Gasteiger partial charge on any atom is 0.262 e. The quantitative estimate of drug-likeness (QED) is 0.846. The molecule has 0 radical (unpaired) electrons. The van der Waals surface area contributed by atoms with Crippen molar-refractivity contribution < 1.29 is 9.53 Å². The van der Waals surface area contributed by atoms with Gasteiger partial charge < -0.3 is 9.64 Å².